The molecule has 5 heteroatoms. The molecule has 0 unspecified atom stereocenters. The van der Waals surface area contributed by atoms with Gasteiger partial charge in [0.05, 0.1) is 11.3 Å². The molecular formula is C17H19N3O2. The molecular weight excluding hydrogens is 278 g/mol. The van der Waals surface area contributed by atoms with Gasteiger partial charge in [-0.25, -0.2) is 4.79 Å². The monoisotopic (exact) mass is 297 g/mol. The number of carbonyl (C=O) groups is 1. The van der Waals surface area contributed by atoms with Crippen molar-refractivity contribution in [3.05, 3.63) is 52.8 Å². The normalized spacial score (nSPS) is 9.73. The van der Waals surface area contributed by atoms with E-state index in [0.717, 1.165) is 22.5 Å². The number of nitrogens with one attached hydrogen (secondary N) is 2. The van der Waals surface area contributed by atoms with E-state index in [0.29, 0.717) is 13.0 Å². The number of nitrogens with zero attached hydrogens (tertiary/aromatic N) is 1. The van der Waals surface area contributed by atoms with E-state index in [-0.39, 0.29) is 6.61 Å². The highest BCUT2D eigenvalue weighted by Gasteiger charge is 2.02. The Kier molecular flexibility index (Phi) is 5.61. The molecule has 114 valence electrons. The first-order chi connectivity index (χ1) is 10.7. The number of carbonyl (C=O) groups excluding carboxylic acids is 1. The lowest BCUT2D eigenvalue weighted by atomic mass is 10.2. The van der Waals surface area contributed by atoms with Gasteiger partial charge in [-0.3, -0.25) is 5.10 Å². The molecule has 2 aromatic rings. The van der Waals surface area contributed by atoms with Crippen molar-refractivity contribution in [1.82, 2.24) is 15.5 Å². The van der Waals surface area contributed by atoms with E-state index in [1.165, 1.54) is 0 Å². The van der Waals surface area contributed by atoms with Crippen molar-refractivity contribution >= 4 is 6.09 Å². The van der Waals surface area contributed by atoms with Gasteiger partial charge in [0.1, 0.15) is 6.61 Å². The van der Waals surface area contributed by atoms with Crippen LogP contribution in [0, 0.1) is 25.7 Å². The molecule has 0 spiro atoms. The van der Waals surface area contributed by atoms with Crippen LogP contribution in [-0.4, -0.2) is 22.8 Å². The summed E-state index contributed by atoms with van der Waals surface area (Å²) in [6.45, 7) is 4.57. The predicted molar refractivity (Wildman–Crippen MR) is 84.2 cm³/mol. The van der Waals surface area contributed by atoms with Crippen LogP contribution in [0.4, 0.5) is 4.79 Å². The third-order valence-corrected chi connectivity index (χ3v) is 3.07. The van der Waals surface area contributed by atoms with Crippen molar-refractivity contribution in [3.63, 3.8) is 0 Å². The van der Waals surface area contributed by atoms with Crippen molar-refractivity contribution in [2.45, 2.75) is 26.9 Å². The van der Waals surface area contributed by atoms with Gasteiger partial charge in [-0.05, 0) is 19.4 Å². The molecule has 1 amide bonds. The van der Waals surface area contributed by atoms with Crippen LogP contribution < -0.4 is 5.32 Å². The van der Waals surface area contributed by atoms with Crippen LogP contribution >= 0.6 is 0 Å². The Labute approximate surface area is 130 Å². The zero-order valence-corrected chi connectivity index (χ0v) is 12.8. The second kappa shape index (κ2) is 7.89. The molecule has 0 aliphatic rings. The Morgan fingerprint density at radius 2 is 2.09 bits per heavy atom. The van der Waals surface area contributed by atoms with Crippen molar-refractivity contribution < 1.29 is 9.53 Å². The average molecular weight is 297 g/mol. The molecule has 0 saturated carbocycles. The summed E-state index contributed by atoms with van der Waals surface area (Å²) >= 11 is 0. The van der Waals surface area contributed by atoms with Gasteiger partial charge in [-0.15, -0.1) is 0 Å². The summed E-state index contributed by atoms with van der Waals surface area (Å²) in [6.07, 6.45) is 0.131. The van der Waals surface area contributed by atoms with Crippen LogP contribution in [0.15, 0.2) is 30.3 Å². The molecule has 2 N–H and O–H groups in total. The van der Waals surface area contributed by atoms with Gasteiger partial charge in [-0.2, -0.15) is 5.10 Å². The van der Waals surface area contributed by atoms with Crippen molar-refractivity contribution in [1.29, 1.82) is 0 Å². The van der Waals surface area contributed by atoms with E-state index in [2.05, 4.69) is 27.4 Å². The molecule has 0 radical (unpaired) electrons. The first-order valence-electron chi connectivity index (χ1n) is 7.12. The summed E-state index contributed by atoms with van der Waals surface area (Å²) < 4.78 is 5.11. The molecule has 0 aliphatic heterocycles. The van der Waals surface area contributed by atoms with E-state index < -0.39 is 6.09 Å². The number of amides is 1. The first kappa shape index (κ1) is 15.6. The highest BCUT2D eigenvalue weighted by Crippen LogP contribution is 2.06. The van der Waals surface area contributed by atoms with Crippen LogP contribution in [0.2, 0.25) is 0 Å². The van der Waals surface area contributed by atoms with Crippen LogP contribution in [0.5, 0.6) is 0 Å². The minimum atomic E-state index is -0.429. The number of H-pyrrole nitrogens is 1. The molecule has 0 aliphatic carbocycles. The molecule has 0 atom stereocenters. The fourth-order valence-corrected chi connectivity index (χ4v) is 1.89. The number of aryl methyl sites for hydroxylation is 2. The Bertz CT molecular complexity index is 661. The van der Waals surface area contributed by atoms with Gasteiger partial charge in [0.25, 0.3) is 0 Å². The van der Waals surface area contributed by atoms with E-state index in [9.17, 15) is 4.79 Å². The molecule has 1 aromatic carbocycles. The molecule has 0 fully saturated rings. The second-order valence-electron chi connectivity index (χ2n) is 4.85. The van der Waals surface area contributed by atoms with Gasteiger partial charge in [0, 0.05) is 18.7 Å². The van der Waals surface area contributed by atoms with Gasteiger partial charge >= 0.3 is 6.09 Å². The maximum atomic E-state index is 11.5. The third-order valence-electron chi connectivity index (χ3n) is 3.07. The summed E-state index contributed by atoms with van der Waals surface area (Å²) in [6, 6.07) is 9.56. The largest absolute Gasteiger partial charge is 0.445 e. The summed E-state index contributed by atoms with van der Waals surface area (Å²) in [7, 11) is 0. The maximum absolute atomic E-state index is 11.5. The van der Waals surface area contributed by atoms with Crippen molar-refractivity contribution in [3.8, 4) is 11.8 Å². The quantitative estimate of drug-likeness (QED) is 0.673. The number of rotatable bonds is 4. The van der Waals surface area contributed by atoms with Gasteiger partial charge < -0.3 is 10.1 Å². The van der Waals surface area contributed by atoms with E-state index in [1.807, 2.05) is 44.2 Å². The second-order valence-corrected chi connectivity index (χ2v) is 4.85. The van der Waals surface area contributed by atoms with Gasteiger partial charge in [0.15, 0.2) is 0 Å². The molecule has 1 aromatic heterocycles. The van der Waals surface area contributed by atoms with Gasteiger partial charge in [-0.1, -0.05) is 42.2 Å². The number of benzene rings is 1. The maximum Gasteiger partial charge on any atom is 0.407 e. The summed E-state index contributed by atoms with van der Waals surface area (Å²) in [4.78, 5) is 11.5. The Morgan fingerprint density at radius 3 is 2.77 bits per heavy atom. The zero-order chi connectivity index (χ0) is 15.8. The average Bonchev–Trinajstić information content (AvgIpc) is 2.85. The number of alkyl carbamates (subject to hydrolysis) is 1. The highest BCUT2D eigenvalue weighted by atomic mass is 16.5. The Hall–Kier alpha value is -2.74. The first-order valence-corrected chi connectivity index (χ1v) is 7.12. The lowest BCUT2D eigenvalue weighted by molar-refractivity contribution is 0.140. The highest BCUT2D eigenvalue weighted by molar-refractivity contribution is 5.67. The smallest absolute Gasteiger partial charge is 0.407 e. The topological polar surface area (TPSA) is 67.0 Å². The molecule has 0 saturated heterocycles. The fourth-order valence-electron chi connectivity index (χ4n) is 1.89. The Balaban J connectivity index is 1.68. The minimum Gasteiger partial charge on any atom is -0.445 e. The number of hydrogen-bond donors (Lipinski definition) is 2. The molecule has 22 heavy (non-hydrogen) atoms. The van der Waals surface area contributed by atoms with E-state index >= 15 is 0 Å². The van der Waals surface area contributed by atoms with Crippen LogP contribution in [0.25, 0.3) is 0 Å². The standard InChI is InChI=1S/C17H19N3O2/c1-13-16(14(2)20-19-13)10-6-7-11-18-17(21)22-12-15-8-4-3-5-9-15/h3-5,8-9H,7,11-12H2,1-2H3,(H,18,21)(H,19,20). The third kappa shape index (κ3) is 4.67. The summed E-state index contributed by atoms with van der Waals surface area (Å²) in [5, 5.41) is 9.64. The SMILES string of the molecule is Cc1n[nH]c(C)c1C#CCCNC(=O)OCc1ccccc1. The minimum absolute atomic E-state index is 0.270. The Morgan fingerprint density at radius 1 is 1.32 bits per heavy atom. The van der Waals surface area contributed by atoms with E-state index in [4.69, 9.17) is 4.74 Å². The number of hydrogen-bond acceptors (Lipinski definition) is 3. The summed E-state index contributed by atoms with van der Waals surface area (Å²) in [5.74, 6) is 6.08. The number of aromatic nitrogens is 2. The number of ether oxygens (including phenoxy) is 1. The lowest BCUT2D eigenvalue weighted by Crippen LogP contribution is -2.24. The number of aromatic amines is 1. The van der Waals surface area contributed by atoms with Crippen LogP contribution in [0.1, 0.15) is 28.9 Å². The van der Waals surface area contributed by atoms with Crippen molar-refractivity contribution in [2.24, 2.45) is 0 Å². The molecule has 1 heterocycles. The van der Waals surface area contributed by atoms with E-state index in [1.54, 1.807) is 0 Å². The lowest BCUT2D eigenvalue weighted by Gasteiger charge is -2.05. The zero-order valence-electron chi connectivity index (χ0n) is 12.8. The molecule has 5 nitrogen and oxygen atoms in total. The molecule has 0 bridgehead atoms. The van der Waals surface area contributed by atoms with Crippen molar-refractivity contribution in [2.75, 3.05) is 6.54 Å². The van der Waals surface area contributed by atoms with Gasteiger partial charge in [0.2, 0.25) is 0 Å². The van der Waals surface area contributed by atoms with Crippen LogP contribution in [0.3, 0.4) is 0 Å². The summed E-state index contributed by atoms with van der Waals surface area (Å²) in [5.41, 5.74) is 3.73. The fraction of sp³-hybridized carbons (Fsp3) is 0.294. The molecule has 2 rings (SSSR count). The van der Waals surface area contributed by atoms with Crippen LogP contribution in [-0.2, 0) is 11.3 Å². The predicted octanol–water partition coefficient (Wildman–Crippen LogP) is 2.69.